The summed E-state index contributed by atoms with van der Waals surface area (Å²) in [5, 5.41) is -0.00666. The second-order valence-corrected chi connectivity index (χ2v) is 17.4. The molecule has 0 aliphatic heterocycles. The van der Waals surface area contributed by atoms with Gasteiger partial charge in [-0.15, -0.1) is 0 Å². The summed E-state index contributed by atoms with van der Waals surface area (Å²) >= 11 is 0. The first kappa shape index (κ1) is 29.8. The van der Waals surface area contributed by atoms with Gasteiger partial charge in [-0.25, -0.2) is 0 Å². The molecule has 0 saturated carbocycles. The molecule has 1 atom stereocenters. The summed E-state index contributed by atoms with van der Waals surface area (Å²) in [6, 6.07) is 11.0. The molecular weight excluding hydrogens is 450 g/mol. The Morgan fingerprint density at radius 2 is 1.48 bits per heavy atom. The third-order valence-corrected chi connectivity index (χ3v) is 13.7. The number of hydrogen-bond acceptors (Lipinski definition) is 6. The summed E-state index contributed by atoms with van der Waals surface area (Å²) in [6.07, 6.45) is 0.852. The number of anilines is 1. The van der Waals surface area contributed by atoms with Gasteiger partial charge in [0.15, 0.2) is 0 Å². The third-order valence-electron chi connectivity index (χ3n) is 6.18. The van der Waals surface area contributed by atoms with Gasteiger partial charge in [0, 0.05) is 44.6 Å². The molecule has 0 aromatic heterocycles. The number of carbonyl (C=O) groups is 1. The van der Waals surface area contributed by atoms with Gasteiger partial charge in [0.25, 0.3) is 14.3 Å². The van der Waals surface area contributed by atoms with Crippen LogP contribution in [0.3, 0.4) is 0 Å². The number of para-hydroxylation sites is 1. The molecule has 0 amide bonds. The van der Waals surface area contributed by atoms with E-state index in [4.69, 9.17) is 17.7 Å². The van der Waals surface area contributed by atoms with E-state index < -0.39 is 17.1 Å². The average molecular weight is 498 g/mol. The Kier molecular flexibility index (Phi) is 12.3. The lowest BCUT2D eigenvalue weighted by molar-refractivity contribution is -0.139. The van der Waals surface area contributed by atoms with Crippen molar-refractivity contribution in [3.63, 3.8) is 0 Å². The molecule has 0 bridgehead atoms. The smallest absolute Gasteiger partial charge is 0.500 e. The van der Waals surface area contributed by atoms with Crippen LogP contribution in [0, 0.1) is 5.92 Å². The molecule has 1 aromatic rings. The normalized spacial score (nSPS) is 13.6. The maximum Gasteiger partial charge on any atom is 0.500 e. The molecule has 1 unspecified atom stereocenters. The second kappa shape index (κ2) is 13.6. The van der Waals surface area contributed by atoms with Gasteiger partial charge in [0.2, 0.25) is 0 Å². The van der Waals surface area contributed by atoms with Crippen LogP contribution in [0.15, 0.2) is 30.3 Å². The molecule has 0 N–H and O–H groups in total. The Morgan fingerprint density at radius 3 is 1.94 bits per heavy atom. The molecule has 0 heterocycles. The number of hydrogen-bond donors (Lipinski definition) is 0. The van der Waals surface area contributed by atoms with E-state index >= 15 is 0 Å². The SMILES string of the molecule is CCO[Si](CCCN(CC(C)C(=O)O[Si](C)(C)C(C)(C)C)c1ccccc1)(OCC)OCC. The fourth-order valence-electron chi connectivity index (χ4n) is 3.36. The van der Waals surface area contributed by atoms with Gasteiger partial charge >= 0.3 is 8.80 Å². The molecule has 0 spiro atoms. The second-order valence-electron chi connectivity index (χ2n) is 9.95. The molecule has 0 radical (unpaired) electrons. The molecule has 0 aliphatic carbocycles. The first-order chi connectivity index (χ1) is 15.4. The van der Waals surface area contributed by atoms with E-state index in [2.05, 4.69) is 50.9 Å². The quantitative estimate of drug-likeness (QED) is 0.272. The van der Waals surface area contributed by atoms with Gasteiger partial charge in [-0.2, -0.15) is 0 Å². The Hall–Kier alpha value is -1.20. The number of rotatable bonds is 15. The molecule has 6 nitrogen and oxygen atoms in total. The molecule has 1 aromatic carbocycles. The van der Waals surface area contributed by atoms with Gasteiger partial charge in [0.1, 0.15) is 0 Å². The monoisotopic (exact) mass is 497 g/mol. The van der Waals surface area contributed by atoms with Crippen molar-refractivity contribution in [3.05, 3.63) is 30.3 Å². The van der Waals surface area contributed by atoms with Crippen LogP contribution in [0.1, 0.15) is 54.9 Å². The van der Waals surface area contributed by atoms with Crippen molar-refractivity contribution in [1.82, 2.24) is 0 Å². The first-order valence-corrected chi connectivity index (χ1v) is 17.2. The molecule has 0 fully saturated rings. The molecule has 1 rings (SSSR count). The Morgan fingerprint density at radius 1 is 0.970 bits per heavy atom. The summed E-state index contributed by atoms with van der Waals surface area (Å²) in [5.41, 5.74) is 1.10. The number of carbonyl (C=O) groups excluding carboxylic acids is 1. The Bertz CT molecular complexity index is 677. The minimum atomic E-state index is -2.69. The van der Waals surface area contributed by atoms with Gasteiger partial charge in [-0.1, -0.05) is 45.9 Å². The lowest BCUT2D eigenvalue weighted by atomic mass is 10.1. The highest BCUT2D eigenvalue weighted by atomic mass is 28.4. The van der Waals surface area contributed by atoms with Crippen LogP contribution in [0.2, 0.25) is 24.2 Å². The van der Waals surface area contributed by atoms with Crippen LogP contribution in [-0.4, -0.2) is 56.0 Å². The zero-order chi connectivity index (χ0) is 25.1. The van der Waals surface area contributed by atoms with E-state index in [1.54, 1.807) is 0 Å². The van der Waals surface area contributed by atoms with Crippen molar-refractivity contribution in [2.75, 3.05) is 37.8 Å². The predicted octanol–water partition coefficient (Wildman–Crippen LogP) is 6.12. The van der Waals surface area contributed by atoms with Crippen LogP contribution >= 0.6 is 0 Å². The standard InChI is InChI=1S/C25H47NO5Si2/c1-10-28-33(29-11-2,30-12-3)20-16-19-26(23-17-14-13-15-18-23)21-22(4)24(27)31-32(8,9)25(5,6)7/h13-15,17-18,22H,10-12,16,19-21H2,1-9H3. The van der Waals surface area contributed by atoms with E-state index in [0.29, 0.717) is 26.4 Å². The van der Waals surface area contributed by atoms with Crippen molar-refractivity contribution < 1.29 is 22.5 Å². The highest BCUT2D eigenvalue weighted by Gasteiger charge is 2.42. The molecule has 8 heteroatoms. The van der Waals surface area contributed by atoms with Crippen LogP contribution in [0.25, 0.3) is 0 Å². The number of benzene rings is 1. The summed E-state index contributed by atoms with van der Waals surface area (Å²) < 4.78 is 24.1. The maximum absolute atomic E-state index is 13.0. The Labute approximate surface area is 204 Å². The minimum absolute atomic E-state index is 0.00666. The largest absolute Gasteiger partial charge is 0.519 e. The maximum atomic E-state index is 13.0. The van der Waals surface area contributed by atoms with Crippen LogP contribution in [0.5, 0.6) is 0 Å². The Balaban J connectivity index is 2.92. The van der Waals surface area contributed by atoms with Crippen molar-refractivity contribution in [3.8, 4) is 0 Å². The van der Waals surface area contributed by atoms with Gasteiger partial charge in [-0.3, -0.25) is 4.79 Å². The van der Waals surface area contributed by atoms with Crippen molar-refractivity contribution >= 4 is 28.8 Å². The van der Waals surface area contributed by atoms with Gasteiger partial charge in [-0.05, 0) is 57.5 Å². The van der Waals surface area contributed by atoms with Crippen LogP contribution in [-0.2, 0) is 22.5 Å². The van der Waals surface area contributed by atoms with Crippen molar-refractivity contribution in [2.45, 2.75) is 79.1 Å². The molecular formula is C25H47NO5Si2. The summed E-state index contributed by atoms with van der Waals surface area (Å²) in [6.45, 7) is 21.7. The van der Waals surface area contributed by atoms with E-state index in [0.717, 1.165) is 24.7 Å². The zero-order valence-corrected chi connectivity index (χ0v) is 24.4. The summed E-state index contributed by atoms with van der Waals surface area (Å²) in [5.74, 6) is -0.337. The molecule has 33 heavy (non-hydrogen) atoms. The minimum Gasteiger partial charge on any atom is -0.519 e. The summed E-state index contributed by atoms with van der Waals surface area (Å²) in [7, 11) is -4.84. The average Bonchev–Trinajstić information content (AvgIpc) is 2.73. The summed E-state index contributed by atoms with van der Waals surface area (Å²) in [4.78, 5) is 15.3. The molecule has 190 valence electrons. The van der Waals surface area contributed by atoms with Gasteiger partial charge < -0.3 is 22.6 Å². The first-order valence-electron chi connectivity index (χ1n) is 12.4. The van der Waals surface area contributed by atoms with E-state index in [1.165, 1.54) is 0 Å². The number of nitrogens with zero attached hydrogens (tertiary/aromatic N) is 1. The highest BCUT2D eigenvalue weighted by molar-refractivity contribution is 6.75. The topological polar surface area (TPSA) is 57.2 Å². The lowest BCUT2D eigenvalue weighted by Crippen LogP contribution is -2.47. The van der Waals surface area contributed by atoms with Crippen LogP contribution in [0.4, 0.5) is 5.69 Å². The van der Waals surface area contributed by atoms with E-state index in [-0.39, 0.29) is 16.9 Å². The van der Waals surface area contributed by atoms with Crippen molar-refractivity contribution in [2.24, 2.45) is 5.92 Å². The fraction of sp³-hybridized carbons (Fsp3) is 0.720. The van der Waals surface area contributed by atoms with E-state index in [1.807, 2.05) is 45.9 Å². The predicted molar refractivity (Wildman–Crippen MR) is 141 cm³/mol. The molecule has 0 saturated heterocycles. The fourth-order valence-corrected chi connectivity index (χ4v) is 6.97. The lowest BCUT2D eigenvalue weighted by Gasteiger charge is -2.37. The van der Waals surface area contributed by atoms with E-state index in [9.17, 15) is 4.79 Å². The molecule has 0 aliphatic rings. The van der Waals surface area contributed by atoms with Crippen LogP contribution < -0.4 is 4.90 Å². The zero-order valence-electron chi connectivity index (χ0n) is 22.4. The van der Waals surface area contributed by atoms with Crippen molar-refractivity contribution in [1.29, 1.82) is 0 Å². The highest BCUT2D eigenvalue weighted by Crippen LogP contribution is 2.37. The van der Waals surface area contributed by atoms with Gasteiger partial charge in [0.05, 0.1) is 5.92 Å². The third kappa shape index (κ3) is 9.52.